The molecule has 0 N–H and O–H groups in total. The molecule has 0 aromatic heterocycles. The molecule has 0 saturated heterocycles. The maximum atomic E-state index is 14.5. The molecular formula is C41H79F27O13Si11. The van der Waals surface area contributed by atoms with Crippen LogP contribution < -0.4 is 0 Å². The first-order chi connectivity index (χ1) is 40.3. The molecule has 0 aliphatic heterocycles. The predicted octanol–water partition coefficient (Wildman–Crippen LogP) is 18.7. The van der Waals surface area contributed by atoms with Gasteiger partial charge in [-0.15, -0.1) is 0 Å². The monoisotopic (exact) mass is 1600 g/mol. The summed E-state index contributed by atoms with van der Waals surface area (Å²) in [4.78, 5) is 0. The van der Waals surface area contributed by atoms with Gasteiger partial charge in [-0.2, -0.15) is 119 Å². The van der Waals surface area contributed by atoms with Crippen molar-refractivity contribution in [3.05, 3.63) is 0 Å². The van der Waals surface area contributed by atoms with Gasteiger partial charge in [-0.25, -0.2) is 0 Å². The molecule has 0 bridgehead atoms. The summed E-state index contributed by atoms with van der Waals surface area (Å²) in [5.41, 5.74) is 0. The molecule has 0 rings (SSSR count). The molecule has 0 aromatic rings. The molecule has 0 aliphatic rings. The zero-order chi connectivity index (χ0) is 73.0. The maximum Gasteiger partial charge on any atom is 0.669 e. The fourth-order valence-corrected chi connectivity index (χ4v) is 65.1. The number of rotatable bonds is 41. The van der Waals surface area contributed by atoms with Gasteiger partial charge in [0.25, 0.3) is 0 Å². The lowest BCUT2D eigenvalue weighted by molar-refractivity contribution is -0.133. The summed E-state index contributed by atoms with van der Waals surface area (Å²) in [5.74, 6) is 0. The summed E-state index contributed by atoms with van der Waals surface area (Å²) in [7, 11) is -53.1. The summed E-state index contributed by atoms with van der Waals surface area (Å²) >= 11 is 0. The van der Waals surface area contributed by atoms with Gasteiger partial charge in [0.15, 0.2) is 9.04 Å². The Morgan fingerprint density at radius 3 is 0.457 bits per heavy atom. The van der Waals surface area contributed by atoms with Crippen molar-refractivity contribution in [1.82, 2.24) is 0 Å². The number of hydrogen-bond acceptors (Lipinski definition) is 13. The summed E-state index contributed by atoms with van der Waals surface area (Å²) in [5, 5.41) is 0. The zero-order valence-corrected chi connectivity index (χ0v) is 63.5. The van der Waals surface area contributed by atoms with E-state index in [9.17, 15) is 119 Å². The van der Waals surface area contributed by atoms with Gasteiger partial charge >= 0.3 is 142 Å². The third-order valence-corrected chi connectivity index (χ3v) is 59.0. The van der Waals surface area contributed by atoms with Gasteiger partial charge in [-0.3, -0.25) is 0 Å². The summed E-state index contributed by atoms with van der Waals surface area (Å²) in [6, 6.07) is -13.5. The van der Waals surface area contributed by atoms with Crippen molar-refractivity contribution in [3.8, 4) is 0 Å². The zero-order valence-electron chi connectivity index (χ0n) is 52.3. The standard InChI is InChI=1S/C41H79F27O13Si11/c1-69-92(70-2,71-3)81-91(14,32-23-41(66,67)68)80-90(13,31-22-40(63,64)65)79-89(12,30-21-39(60,61)62)78-88(11,29-20-38(57,58)59)77-87(10,28-19-37(54,55)56)76-86(9,27-18-36(51,52)53)75-85(8,26-17-35(48,49)50)74-84(7,25-16-34(45,46)47)73-83(6,72-82(4)5)24-15-33(42,43)44/h82H,15-32H2,1-14H3. The van der Waals surface area contributed by atoms with E-state index in [1.165, 1.54) is 13.1 Å². The molecule has 9 atom stereocenters. The van der Waals surface area contributed by atoms with E-state index in [1.807, 2.05) is 0 Å². The van der Waals surface area contributed by atoms with Crippen molar-refractivity contribution in [3.63, 3.8) is 0 Å². The number of halogens is 27. The highest BCUT2D eigenvalue weighted by molar-refractivity contribution is 6.94. The molecule has 554 valence electrons. The van der Waals surface area contributed by atoms with Gasteiger partial charge < -0.3 is 54.4 Å². The van der Waals surface area contributed by atoms with Crippen LogP contribution in [0.1, 0.15) is 57.8 Å². The topological polar surface area (TPSA) is 120 Å². The Labute approximate surface area is 527 Å². The fourth-order valence-electron chi connectivity index (χ4n) is 9.23. The van der Waals surface area contributed by atoms with E-state index in [-0.39, 0.29) is 0 Å². The Kier molecular flexibility index (Phi) is 33.6. The second kappa shape index (κ2) is 33.6. The van der Waals surface area contributed by atoms with E-state index in [1.54, 1.807) is 0 Å². The van der Waals surface area contributed by atoms with Crippen molar-refractivity contribution < 1.29 is 173 Å². The van der Waals surface area contributed by atoms with Crippen molar-refractivity contribution in [2.75, 3.05) is 21.3 Å². The molecule has 13 nitrogen and oxygen atoms in total. The highest BCUT2D eigenvalue weighted by Gasteiger charge is 2.62. The average Bonchev–Trinajstić information content (AvgIpc) is 1.08. The normalized spacial score (nSPS) is 20.3. The molecule has 0 saturated carbocycles. The average molecular weight is 1600 g/mol. The van der Waals surface area contributed by atoms with Crippen LogP contribution in [0.15, 0.2) is 0 Å². The van der Waals surface area contributed by atoms with Crippen LogP contribution in [0, 0.1) is 0 Å². The van der Waals surface area contributed by atoms with E-state index in [4.69, 9.17) is 54.4 Å². The Bertz CT molecular complexity index is 2200. The smallest absolute Gasteiger partial charge is 0.439 e. The Balaban J connectivity index is 9.12. The quantitative estimate of drug-likeness (QED) is 0.0427. The van der Waals surface area contributed by atoms with Crippen LogP contribution in [0.4, 0.5) is 119 Å². The van der Waals surface area contributed by atoms with Crippen LogP contribution >= 0.6 is 0 Å². The van der Waals surface area contributed by atoms with E-state index in [0.717, 1.165) is 41.0 Å². The van der Waals surface area contributed by atoms with Gasteiger partial charge in [-0.05, 0) is 126 Å². The van der Waals surface area contributed by atoms with Crippen LogP contribution in [-0.2, 0) is 54.4 Å². The van der Waals surface area contributed by atoms with Crippen LogP contribution in [0.3, 0.4) is 0 Å². The van der Waals surface area contributed by atoms with Gasteiger partial charge in [0.05, 0.1) is 0 Å². The van der Waals surface area contributed by atoms with E-state index in [2.05, 4.69) is 0 Å². The molecule has 0 heterocycles. The molecule has 51 heteroatoms. The lowest BCUT2D eigenvalue weighted by atomic mass is 10.5. The van der Waals surface area contributed by atoms with Gasteiger partial charge in [0, 0.05) is 79.1 Å². The Hall–Kier alpha value is -0.0243. The summed E-state index contributed by atoms with van der Waals surface area (Å²) in [6.07, 6.45) is -65.8. The SMILES string of the molecule is CO[Si](OC)(OC)O[Si](C)(CCC(F)(F)F)O[Si](C)(CCC(F)(F)F)O[Si](C)(CCC(F)(F)F)O[Si](C)(CCC(F)(F)F)O[Si](C)(CCC(F)(F)F)O[Si](C)(CCC(F)(F)F)O[Si](C)(CCC(F)(F)F)O[Si](C)(CCC(F)(F)F)O[Si](C)(CCC(F)(F)F)O[SiH](C)C. The minimum absolute atomic E-state index is 0.516. The van der Waals surface area contributed by atoms with Crippen LogP contribution in [-0.4, -0.2) is 172 Å². The minimum Gasteiger partial charge on any atom is -0.439 e. The molecule has 0 amide bonds. The molecule has 9 unspecified atom stereocenters. The highest BCUT2D eigenvalue weighted by atomic mass is 28.5. The Morgan fingerprint density at radius 2 is 0.337 bits per heavy atom. The van der Waals surface area contributed by atoms with Crippen molar-refractivity contribution >= 4 is 95.1 Å². The largest absolute Gasteiger partial charge is 0.669 e. The van der Waals surface area contributed by atoms with E-state index >= 15 is 0 Å². The van der Waals surface area contributed by atoms with Crippen molar-refractivity contribution in [2.45, 2.75) is 240 Å². The van der Waals surface area contributed by atoms with Gasteiger partial charge in [0.1, 0.15) is 0 Å². The van der Waals surface area contributed by atoms with E-state index < -0.39 is 263 Å². The predicted molar refractivity (Wildman–Crippen MR) is 300 cm³/mol. The van der Waals surface area contributed by atoms with Crippen LogP contribution in [0.2, 0.25) is 126 Å². The highest BCUT2D eigenvalue weighted by Crippen LogP contribution is 2.45. The lowest BCUT2D eigenvalue weighted by Crippen LogP contribution is -2.66. The third kappa shape index (κ3) is 41.5. The molecular weight excluding hydrogens is 1520 g/mol. The van der Waals surface area contributed by atoms with Gasteiger partial charge in [0.2, 0.25) is 0 Å². The lowest BCUT2D eigenvalue weighted by Gasteiger charge is -2.49. The molecule has 0 spiro atoms. The van der Waals surface area contributed by atoms with Gasteiger partial charge in [-0.1, -0.05) is 0 Å². The first-order valence-electron chi connectivity index (χ1n) is 27.6. The molecule has 0 radical (unpaired) electrons. The van der Waals surface area contributed by atoms with Crippen LogP contribution in [0.25, 0.3) is 0 Å². The molecule has 0 aromatic carbocycles. The maximum absolute atomic E-state index is 14.5. The summed E-state index contributed by atoms with van der Waals surface area (Å²) in [6.45, 7) is 8.65. The minimum atomic E-state index is -5.73. The second-order valence-electron chi connectivity index (χ2n) is 23.4. The molecule has 92 heavy (non-hydrogen) atoms. The first-order valence-corrected chi connectivity index (χ1v) is 54.7. The Morgan fingerprint density at radius 1 is 0.217 bits per heavy atom. The first kappa shape index (κ1) is 92.0. The third-order valence-electron chi connectivity index (χ3n) is 12.8. The van der Waals surface area contributed by atoms with Crippen LogP contribution in [0.5, 0.6) is 0 Å². The molecule has 0 fully saturated rings. The number of alkyl halides is 27. The fraction of sp³-hybridized carbons (Fsp3) is 1.00. The molecule has 0 aliphatic carbocycles. The second-order valence-corrected chi connectivity index (χ2v) is 61.0. The number of hydrogen-bond donors (Lipinski definition) is 0. The van der Waals surface area contributed by atoms with E-state index in [0.29, 0.717) is 39.3 Å². The van der Waals surface area contributed by atoms with Crippen molar-refractivity contribution in [2.24, 2.45) is 0 Å². The van der Waals surface area contributed by atoms with Crippen molar-refractivity contribution in [1.29, 1.82) is 0 Å². The summed E-state index contributed by atoms with van der Waals surface area (Å²) < 4.78 is 459.